The Morgan fingerprint density at radius 2 is 2.06 bits per heavy atom. The Bertz CT molecular complexity index is 380. The number of piperidine rings is 1. The lowest BCUT2D eigenvalue weighted by atomic mass is 9.96. The first kappa shape index (κ1) is 13.6. The van der Waals surface area contributed by atoms with Crippen LogP contribution in [0.3, 0.4) is 0 Å². The van der Waals surface area contributed by atoms with Crippen molar-refractivity contribution in [1.29, 1.82) is 0 Å². The summed E-state index contributed by atoms with van der Waals surface area (Å²) in [5.41, 5.74) is 7.89. The van der Waals surface area contributed by atoms with E-state index in [1.165, 1.54) is 19.4 Å². The van der Waals surface area contributed by atoms with Gasteiger partial charge in [0, 0.05) is 25.8 Å². The van der Waals surface area contributed by atoms with Crippen LogP contribution >= 0.6 is 15.9 Å². The summed E-state index contributed by atoms with van der Waals surface area (Å²) in [7, 11) is 4.29. The Hall–Kier alpha value is -0.810. The van der Waals surface area contributed by atoms with Crippen LogP contribution < -0.4 is 10.6 Å². The van der Waals surface area contributed by atoms with Gasteiger partial charge in [0.2, 0.25) is 0 Å². The summed E-state index contributed by atoms with van der Waals surface area (Å²) < 4.78 is 0.994. The molecule has 0 radical (unpaired) electrons. The van der Waals surface area contributed by atoms with E-state index in [9.17, 15) is 0 Å². The molecule has 0 aromatic carbocycles. The van der Waals surface area contributed by atoms with Crippen molar-refractivity contribution in [3.63, 3.8) is 0 Å². The molecule has 0 saturated carbocycles. The molecule has 18 heavy (non-hydrogen) atoms. The fraction of sp³-hybridized carbons (Fsp3) is 0.615. The maximum absolute atomic E-state index is 6.03. The zero-order valence-electron chi connectivity index (χ0n) is 11.1. The number of hydrogen-bond acceptors (Lipinski definition) is 4. The fourth-order valence-electron chi connectivity index (χ4n) is 2.63. The molecule has 1 aromatic rings. The molecule has 0 unspecified atom stereocenters. The van der Waals surface area contributed by atoms with Gasteiger partial charge in [0.15, 0.2) is 0 Å². The zero-order chi connectivity index (χ0) is 13.1. The van der Waals surface area contributed by atoms with Gasteiger partial charge in [0.1, 0.15) is 0 Å². The molecule has 1 fully saturated rings. The van der Waals surface area contributed by atoms with Crippen LogP contribution in [0.4, 0.5) is 11.4 Å². The average Bonchev–Trinajstić information content (AvgIpc) is 2.30. The van der Waals surface area contributed by atoms with E-state index in [1.807, 2.05) is 6.20 Å². The van der Waals surface area contributed by atoms with E-state index in [2.05, 4.69) is 44.8 Å². The monoisotopic (exact) mass is 312 g/mol. The lowest BCUT2D eigenvalue weighted by Gasteiger charge is -2.35. The van der Waals surface area contributed by atoms with Crippen LogP contribution in [0.25, 0.3) is 0 Å². The maximum atomic E-state index is 6.03. The molecule has 1 aliphatic rings. The van der Waals surface area contributed by atoms with Crippen LogP contribution in [-0.4, -0.2) is 43.6 Å². The van der Waals surface area contributed by atoms with Gasteiger partial charge in [-0.25, -0.2) is 0 Å². The minimum atomic E-state index is 0.760. The first-order chi connectivity index (χ1) is 8.58. The maximum Gasteiger partial charge on any atom is 0.0776 e. The molecular formula is C13H21BrN4. The second-order valence-electron chi connectivity index (χ2n) is 5.25. The summed E-state index contributed by atoms with van der Waals surface area (Å²) in [6.07, 6.45) is 6.00. The minimum Gasteiger partial charge on any atom is -0.396 e. The van der Waals surface area contributed by atoms with Gasteiger partial charge in [0.25, 0.3) is 0 Å². The predicted octanol–water partition coefficient (Wildman–Crippen LogP) is 2.20. The number of anilines is 2. The number of nitrogen functional groups attached to an aromatic ring is 1. The third-order valence-electron chi connectivity index (χ3n) is 3.46. The van der Waals surface area contributed by atoms with Crippen LogP contribution in [0.5, 0.6) is 0 Å². The quantitative estimate of drug-likeness (QED) is 0.929. The van der Waals surface area contributed by atoms with Gasteiger partial charge < -0.3 is 15.5 Å². The Balaban J connectivity index is 2.01. The van der Waals surface area contributed by atoms with Gasteiger partial charge in [-0.05, 0) is 48.8 Å². The van der Waals surface area contributed by atoms with Crippen LogP contribution in [0.2, 0.25) is 0 Å². The van der Waals surface area contributed by atoms with Gasteiger partial charge in [-0.3, -0.25) is 4.98 Å². The molecule has 2 rings (SSSR count). The number of rotatable bonds is 3. The summed E-state index contributed by atoms with van der Waals surface area (Å²) in [6, 6.07) is 0. The fourth-order valence-corrected chi connectivity index (χ4v) is 3.23. The van der Waals surface area contributed by atoms with Crippen molar-refractivity contribution in [2.45, 2.75) is 12.8 Å². The lowest BCUT2D eigenvalue weighted by Crippen LogP contribution is -2.37. The Morgan fingerprint density at radius 3 is 2.61 bits per heavy atom. The zero-order valence-corrected chi connectivity index (χ0v) is 12.7. The molecule has 0 amide bonds. The molecule has 2 heterocycles. The second-order valence-corrected chi connectivity index (χ2v) is 6.11. The number of nitrogens with zero attached hydrogens (tertiary/aromatic N) is 3. The lowest BCUT2D eigenvalue weighted by molar-refractivity contribution is 0.285. The van der Waals surface area contributed by atoms with Gasteiger partial charge in [-0.15, -0.1) is 0 Å². The van der Waals surface area contributed by atoms with E-state index >= 15 is 0 Å². The SMILES string of the molecule is CN(C)CC1CCN(c2c(N)cncc2Br)CC1. The van der Waals surface area contributed by atoms with Crippen molar-refractivity contribution in [2.24, 2.45) is 5.92 Å². The summed E-state index contributed by atoms with van der Waals surface area (Å²) in [5.74, 6) is 0.804. The number of pyridine rings is 1. The Labute approximate surface area is 117 Å². The van der Waals surface area contributed by atoms with Crippen molar-refractivity contribution in [2.75, 3.05) is 44.4 Å². The van der Waals surface area contributed by atoms with E-state index in [4.69, 9.17) is 5.73 Å². The topological polar surface area (TPSA) is 45.4 Å². The van der Waals surface area contributed by atoms with Crippen molar-refractivity contribution in [1.82, 2.24) is 9.88 Å². The molecule has 1 aliphatic heterocycles. The van der Waals surface area contributed by atoms with Crippen molar-refractivity contribution >= 4 is 27.3 Å². The summed E-state index contributed by atoms with van der Waals surface area (Å²) in [4.78, 5) is 8.73. The van der Waals surface area contributed by atoms with E-state index in [1.54, 1.807) is 6.20 Å². The predicted molar refractivity (Wildman–Crippen MR) is 79.8 cm³/mol. The highest BCUT2D eigenvalue weighted by molar-refractivity contribution is 9.10. The molecule has 2 N–H and O–H groups in total. The standard InChI is InChI=1S/C13H21BrN4/c1-17(2)9-10-3-5-18(6-4-10)13-11(14)7-16-8-12(13)15/h7-8,10H,3-6,9,15H2,1-2H3. The van der Waals surface area contributed by atoms with E-state index in [0.29, 0.717) is 0 Å². The largest absolute Gasteiger partial charge is 0.396 e. The minimum absolute atomic E-state index is 0.760. The summed E-state index contributed by atoms with van der Waals surface area (Å²) >= 11 is 3.55. The molecule has 0 aliphatic carbocycles. The first-order valence-corrected chi connectivity index (χ1v) is 7.16. The molecule has 0 atom stereocenters. The van der Waals surface area contributed by atoms with Crippen LogP contribution in [0, 0.1) is 5.92 Å². The normalized spacial score (nSPS) is 17.4. The molecule has 1 aromatic heterocycles. The summed E-state index contributed by atoms with van der Waals surface area (Å²) in [5, 5.41) is 0. The number of halogens is 1. The smallest absolute Gasteiger partial charge is 0.0776 e. The summed E-state index contributed by atoms with van der Waals surface area (Å²) in [6.45, 7) is 3.33. The Morgan fingerprint density at radius 1 is 1.39 bits per heavy atom. The van der Waals surface area contributed by atoms with E-state index in [-0.39, 0.29) is 0 Å². The molecule has 0 bridgehead atoms. The van der Waals surface area contributed by atoms with Gasteiger partial charge in [0.05, 0.1) is 22.0 Å². The van der Waals surface area contributed by atoms with Crippen LogP contribution in [0.15, 0.2) is 16.9 Å². The highest BCUT2D eigenvalue weighted by Gasteiger charge is 2.22. The number of aromatic nitrogens is 1. The molecule has 1 saturated heterocycles. The third-order valence-corrected chi connectivity index (χ3v) is 4.04. The van der Waals surface area contributed by atoms with Crippen LogP contribution in [-0.2, 0) is 0 Å². The van der Waals surface area contributed by atoms with Gasteiger partial charge >= 0.3 is 0 Å². The molecular weight excluding hydrogens is 292 g/mol. The molecule has 0 spiro atoms. The Kier molecular flexibility index (Phi) is 4.45. The number of hydrogen-bond donors (Lipinski definition) is 1. The first-order valence-electron chi connectivity index (χ1n) is 6.36. The van der Waals surface area contributed by atoms with Crippen molar-refractivity contribution < 1.29 is 0 Å². The van der Waals surface area contributed by atoms with Crippen LogP contribution in [0.1, 0.15) is 12.8 Å². The average molecular weight is 313 g/mol. The number of nitrogens with two attached hydrogens (primary N) is 1. The van der Waals surface area contributed by atoms with Gasteiger partial charge in [-0.1, -0.05) is 0 Å². The molecule has 100 valence electrons. The van der Waals surface area contributed by atoms with Crippen molar-refractivity contribution in [3.05, 3.63) is 16.9 Å². The third kappa shape index (κ3) is 3.14. The molecule has 5 heteroatoms. The van der Waals surface area contributed by atoms with E-state index < -0.39 is 0 Å². The molecule has 4 nitrogen and oxygen atoms in total. The highest BCUT2D eigenvalue weighted by Crippen LogP contribution is 2.33. The second kappa shape index (κ2) is 5.89. The highest BCUT2D eigenvalue weighted by atomic mass is 79.9. The van der Waals surface area contributed by atoms with E-state index in [0.717, 1.165) is 34.9 Å². The van der Waals surface area contributed by atoms with Crippen molar-refractivity contribution in [3.8, 4) is 0 Å². The van der Waals surface area contributed by atoms with Gasteiger partial charge in [-0.2, -0.15) is 0 Å².